The van der Waals surface area contributed by atoms with E-state index in [2.05, 4.69) is 0 Å². The molecule has 118 valence electrons. The van der Waals surface area contributed by atoms with Crippen LogP contribution in [-0.4, -0.2) is 39.9 Å². The van der Waals surface area contributed by atoms with E-state index in [-0.39, 0.29) is 25.1 Å². The Kier molecular flexibility index (Phi) is 4.28. The molecule has 2 N–H and O–H groups in total. The second-order valence-corrected chi connectivity index (χ2v) is 5.66. The molecule has 2 atom stereocenters. The van der Waals surface area contributed by atoms with Crippen LogP contribution in [0.15, 0.2) is 18.2 Å². The number of hydrogen-bond donors (Lipinski definition) is 2. The van der Waals surface area contributed by atoms with Gasteiger partial charge < -0.3 is 10.2 Å². The summed E-state index contributed by atoms with van der Waals surface area (Å²) in [6, 6.07) is 2.37. The van der Waals surface area contributed by atoms with Gasteiger partial charge >= 0.3 is 6.18 Å². The van der Waals surface area contributed by atoms with Gasteiger partial charge in [-0.1, -0.05) is 0 Å². The van der Waals surface area contributed by atoms with Gasteiger partial charge in [-0.25, -0.2) is 4.39 Å². The number of alkyl halides is 3. The van der Waals surface area contributed by atoms with Gasteiger partial charge in [-0.2, -0.15) is 13.2 Å². The molecule has 1 heterocycles. The highest BCUT2D eigenvalue weighted by atomic mass is 19.4. The number of nitrogens with zero attached hydrogens (tertiary/aromatic N) is 1. The van der Waals surface area contributed by atoms with E-state index >= 15 is 0 Å². The van der Waals surface area contributed by atoms with E-state index in [1.54, 1.807) is 4.90 Å². The van der Waals surface area contributed by atoms with Gasteiger partial charge in [-0.05, 0) is 37.1 Å². The van der Waals surface area contributed by atoms with Crippen molar-refractivity contribution in [3.8, 4) is 0 Å². The summed E-state index contributed by atoms with van der Waals surface area (Å²) in [6.07, 6.45) is -5.36. The lowest BCUT2D eigenvalue weighted by Crippen LogP contribution is -2.53. The molecule has 0 amide bonds. The van der Waals surface area contributed by atoms with Crippen molar-refractivity contribution >= 4 is 0 Å². The largest absolute Gasteiger partial charge is 0.416 e. The quantitative estimate of drug-likeness (QED) is 0.823. The molecule has 0 spiro atoms. The van der Waals surface area contributed by atoms with E-state index in [9.17, 15) is 27.8 Å². The average molecular weight is 307 g/mol. The molecule has 2 rings (SSSR count). The van der Waals surface area contributed by atoms with Gasteiger partial charge in [0.1, 0.15) is 5.82 Å². The second kappa shape index (κ2) is 5.55. The van der Waals surface area contributed by atoms with Gasteiger partial charge in [-0.15, -0.1) is 0 Å². The lowest BCUT2D eigenvalue weighted by molar-refractivity contribution is -0.139. The molecule has 1 aromatic rings. The highest BCUT2D eigenvalue weighted by Crippen LogP contribution is 2.33. The van der Waals surface area contributed by atoms with E-state index < -0.39 is 29.3 Å². The Bertz CT molecular complexity index is 516. The minimum atomic E-state index is -4.55. The molecule has 7 heteroatoms. The third-order valence-electron chi connectivity index (χ3n) is 3.85. The maximum atomic E-state index is 13.2. The van der Waals surface area contributed by atoms with E-state index in [0.29, 0.717) is 6.54 Å². The van der Waals surface area contributed by atoms with Crippen molar-refractivity contribution in [1.29, 1.82) is 0 Å². The summed E-state index contributed by atoms with van der Waals surface area (Å²) in [5.74, 6) is -0.734. The number of aliphatic hydroxyl groups is 2. The van der Waals surface area contributed by atoms with E-state index in [0.717, 1.165) is 18.2 Å². The fourth-order valence-electron chi connectivity index (χ4n) is 2.44. The van der Waals surface area contributed by atoms with E-state index in [1.807, 2.05) is 0 Å². The Morgan fingerprint density at radius 3 is 2.62 bits per heavy atom. The van der Waals surface area contributed by atoms with Gasteiger partial charge in [0.25, 0.3) is 0 Å². The smallest absolute Gasteiger partial charge is 0.389 e. The molecule has 1 aromatic carbocycles. The minimum absolute atomic E-state index is 0.0425. The van der Waals surface area contributed by atoms with Crippen molar-refractivity contribution in [2.45, 2.75) is 37.8 Å². The van der Waals surface area contributed by atoms with Crippen molar-refractivity contribution in [3.63, 3.8) is 0 Å². The summed E-state index contributed by atoms with van der Waals surface area (Å²) < 4.78 is 51.9. The minimum Gasteiger partial charge on any atom is -0.389 e. The monoisotopic (exact) mass is 307 g/mol. The number of β-amino-alcohol motifs (C(OH)–C–C–N with tert-alkyl or cyclic N) is 1. The molecule has 0 aromatic heterocycles. The Balaban J connectivity index is 2.19. The molecule has 21 heavy (non-hydrogen) atoms. The molecule has 1 aliphatic heterocycles. The number of benzene rings is 1. The lowest BCUT2D eigenvalue weighted by Gasteiger charge is -2.40. The van der Waals surface area contributed by atoms with Crippen LogP contribution in [0.25, 0.3) is 0 Å². The number of piperidine rings is 1. The predicted molar refractivity (Wildman–Crippen MR) is 67.9 cm³/mol. The van der Waals surface area contributed by atoms with E-state index in [4.69, 9.17) is 0 Å². The van der Waals surface area contributed by atoms with Gasteiger partial charge in [0.05, 0.1) is 17.3 Å². The van der Waals surface area contributed by atoms with Crippen LogP contribution in [0, 0.1) is 5.82 Å². The van der Waals surface area contributed by atoms with Crippen LogP contribution in [0.4, 0.5) is 17.6 Å². The predicted octanol–water partition coefficient (Wildman–Crippen LogP) is 2.16. The van der Waals surface area contributed by atoms with Crippen LogP contribution in [0.5, 0.6) is 0 Å². The van der Waals surface area contributed by atoms with Crippen molar-refractivity contribution in [3.05, 3.63) is 35.1 Å². The molecule has 1 aliphatic rings. The standard InChI is InChI=1S/C14H17F4NO2/c1-13(21)4-5-19(8-12(13)20)7-9-6-10(15)2-3-11(9)14(16,17)18/h2-3,6,12,20-21H,4-5,7-8H2,1H3/t12-,13+/m0/s1. The molecule has 3 nitrogen and oxygen atoms in total. The molecular formula is C14H17F4NO2. The molecule has 0 unspecified atom stereocenters. The van der Waals surface area contributed by atoms with Crippen LogP contribution < -0.4 is 0 Å². The van der Waals surface area contributed by atoms with Crippen LogP contribution in [0.1, 0.15) is 24.5 Å². The summed E-state index contributed by atoms with van der Waals surface area (Å²) in [7, 11) is 0. The summed E-state index contributed by atoms with van der Waals surface area (Å²) in [6.45, 7) is 1.73. The highest BCUT2D eigenvalue weighted by molar-refractivity contribution is 5.30. The van der Waals surface area contributed by atoms with Gasteiger partial charge in [-0.3, -0.25) is 4.90 Å². The van der Waals surface area contributed by atoms with Crippen molar-refractivity contribution in [1.82, 2.24) is 4.90 Å². The fraction of sp³-hybridized carbons (Fsp3) is 0.571. The number of likely N-dealkylation sites (tertiary alicyclic amines) is 1. The van der Waals surface area contributed by atoms with E-state index in [1.165, 1.54) is 6.92 Å². The number of halogens is 4. The summed E-state index contributed by atoms with van der Waals surface area (Å²) in [5, 5.41) is 19.6. The van der Waals surface area contributed by atoms with Gasteiger partial charge in [0, 0.05) is 19.6 Å². The molecule has 0 saturated carbocycles. The maximum Gasteiger partial charge on any atom is 0.416 e. The van der Waals surface area contributed by atoms with Crippen LogP contribution in [-0.2, 0) is 12.7 Å². The lowest BCUT2D eigenvalue weighted by atomic mass is 9.90. The van der Waals surface area contributed by atoms with Crippen molar-refractivity contribution in [2.75, 3.05) is 13.1 Å². The second-order valence-electron chi connectivity index (χ2n) is 5.66. The first-order chi connectivity index (χ1) is 9.59. The van der Waals surface area contributed by atoms with Gasteiger partial charge in [0.2, 0.25) is 0 Å². The number of rotatable bonds is 2. The number of hydrogen-bond acceptors (Lipinski definition) is 3. The third kappa shape index (κ3) is 3.72. The highest BCUT2D eigenvalue weighted by Gasteiger charge is 2.38. The maximum absolute atomic E-state index is 13.2. The Labute approximate surface area is 119 Å². The zero-order valence-electron chi connectivity index (χ0n) is 11.5. The number of aliphatic hydroxyl groups excluding tert-OH is 1. The molecule has 0 aliphatic carbocycles. The first-order valence-electron chi connectivity index (χ1n) is 6.58. The molecular weight excluding hydrogens is 290 g/mol. The molecule has 0 bridgehead atoms. The van der Waals surface area contributed by atoms with Crippen molar-refractivity contribution in [2.24, 2.45) is 0 Å². The van der Waals surface area contributed by atoms with Crippen LogP contribution in [0.3, 0.4) is 0 Å². The topological polar surface area (TPSA) is 43.7 Å². The Morgan fingerprint density at radius 2 is 2.05 bits per heavy atom. The SMILES string of the molecule is C[C@@]1(O)CCN(Cc2cc(F)ccc2C(F)(F)F)C[C@@H]1O. The fourth-order valence-corrected chi connectivity index (χ4v) is 2.44. The van der Waals surface area contributed by atoms with Gasteiger partial charge in [0.15, 0.2) is 0 Å². The summed E-state index contributed by atoms with van der Waals surface area (Å²) in [5.41, 5.74) is -2.29. The molecule has 0 radical (unpaired) electrons. The zero-order chi connectivity index (χ0) is 15.8. The molecule has 1 fully saturated rings. The van der Waals surface area contributed by atoms with Crippen LogP contribution >= 0.6 is 0 Å². The first-order valence-corrected chi connectivity index (χ1v) is 6.58. The normalized spacial score (nSPS) is 27.9. The summed E-state index contributed by atoms with van der Waals surface area (Å²) in [4.78, 5) is 1.58. The summed E-state index contributed by atoms with van der Waals surface area (Å²) >= 11 is 0. The Hall–Kier alpha value is -1.18. The first kappa shape index (κ1) is 16.2. The molecule has 1 saturated heterocycles. The third-order valence-corrected chi connectivity index (χ3v) is 3.85. The van der Waals surface area contributed by atoms with Crippen LogP contribution in [0.2, 0.25) is 0 Å². The Morgan fingerprint density at radius 1 is 1.38 bits per heavy atom. The van der Waals surface area contributed by atoms with Crippen molar-refractivity contribution < 1.29 is 27.8 Å². The average Bonchev–Trinajstić information content (AvgIpc) is 2.33. The zero-order valence-corrected chi connectivity index (χ0v) is 11.5.